The van der Waals surface area contributed by atoms with Crippen molar-refractivity contribution in [2.75, 3.05) is 19.6 Å². The number of nitrogens with two attached hydrogens (primary N) is 1. The number of aromatic nitrogens is 1. The van der Waals surface area contributed by atoms with Crippen molar-refractivity contribution in [2.45, 2.75) is 19.5 Å². The first-order valence-electron chi connectivity index (χ1n) is 9.47. The normalized spacial score (nSPS) is 10.2. The van der Waals surface area contributed by atoms with Gasteiger partial charge in [0.2, 0.25) is 0 Å². The highest BCUT2D eigenvalue weighted by Gasteiger charge is 2.10. The van der Waals surface area contributed by atoms with Gasteiger partial charge in [-0.1, -0.05) is 48.5 Å². The number of benzene rings is 2. The molecule has 1 amide bonds. The number of hydrogen-bond acceptors (Lipinski definition) is 5. The van der Waals surface area contributed by atoms with E-state index in [9.17, 15) is 4.79 Å². The average molecular weight is 467 g/mol. The Morgan fingerprint density at radius 2 is 1.67 bits per heavy atom. The van der Waals surface area contributed by atoms with Crippen LogP contribution in [0.5, 0.6) is 0 Å². The van der Waals surface area contributed by atoms with Gasteiger partial charge in [-0.15, -0.1) is 36.2 Å². The molecule has 0 atom stereocenters. The van der Waals surface area contributed by atoms with Crippen molar-refractivity contribution in [2.24, 2.45) is 5.73 Å². The van der Waals surface area contributed by atoms with Crippen molar-refractivity contribution in [3.63, 3.8) is 0 Å². The zero-order valence-electron chi connectivity index (χ0n) is 16.7. The molecular formula is C22H28Cl2N4OS. The maximum Gasteiger partial charge on any atom is 0.251 e. The molecule has 162 valence electrons. The van der Waals surface area contributed by atoms with E-state index in [1.165, 1.54) is 5.56 Å². The summed E-state index contributed by atoms with van der Waals surface area (Å²) in [6.45, 7) is 3.62. The predicted octanol–water partition coefficient (Wildman–Crippen LogP) is 3.92. The summed E-state index contributed by atoms with van der Waals surface area (Å²) in [6.07, 6.45) is 0.991. The minimum atomic E-state index is -0.0787. The van der Waals surface area contributed by atoms with E-state index in [1.807, 2.05) is 24.3 Å². The molecule has 0 aliphatic rings. The van der Waals surface area contributed by atoms with Crippen molar-refractivity contribution in [3.05, 3.63) is 87.9 Å². The third kappa shape index (κ3) is 8.42. The third-order valence-corrected chi connectivity index (χ3v) is 5.32. The number of amides is 1. The van der Waals surface area contributed by atoms with Gasteiger partial charge >= 0.3 is 0 Å². The van der Waals surface area contributed by atoms with Gasteiger partial charge in [0.1, 0.15) is 5.01 Å². The van der Waals surface area contributed by atoms with Crippen LogP contribution in [0.15, 0.2) is 66.0 Å². The summed E-state index contributed by atoms with van der Waals surface area (Å²) in [5.74, 6) is -0.0787. The summed E-state index contributed by atoms with van der Waals surface area (Å²) in [6, 6.07) is 19.7. The molecule has 0 saturated carbocycles. The average Bonchev–Trinajstić information content (AvgIpc) is 3.19. The van der Waals surface area contributed by atoms with E-state index in [0.717, 1.165) is 36.8 Å². The van der Waals surface area contributed by atoms with Gasteiger partial charge in [-0.3, -0.25) is 9.69 Å². The summed E-state index contributed by atoms with van der Waals surface area (Å²) in [7, 11) is 0. The molecule has 0 saturated heterocycles. The van der Waals surface area contributed by atoms with Gasteiger partial charge < -0.3 is 11.1 Å². The molecule has 3 N–H and O–H groups in total. The van der Waals surface area contributed by atoms with Gasteiger partial charge in [-0.05, 0) is 24.1 Å². The van der Waals surface area contributed by atoms with Crippen LogP contribution >= 0.6 is 36.2 Å². The molecule has 30 heavy (non-hydrogen) atoms. The van der Waals surface area contributed by atoms with Crippen molar-refractivity contribution in [3.8, 4) is 0 Å². The summed E-state index contributed by atoms with van der Waals surface area (Å²) >= 11 is 1.58. The summed E-state index contributed by atoms with van der Waals surface area (Å²) in [4.78, 5) is 19.2. The summed E-state index contributed by atoms with van der Waals surface area (Å²) in [5.41, 5.74) is 8.80. The second kappa shape index (κ2) is 14.1. The molecule has 3 aromatic rings. The van der Waals surface area contributed by atoms with Gasteiger partial charge in [-0.2, -0.15) is 0 Å². The van der Waals surface area contributed by atoms with Crippen molar-refractivity contribution in [1.82, 2.24) is 15.2 Å². The van der Waals surface area contributed by atoms with Crippen LogP contribution in [0.4, 0.5) is 0 Å². The molecule has 1 heterocycles. The highest BCUT2D eigenvalue weighted by atomic mass is 35.5. The van der Waals surface area contributed by atoms with Gasteiger partial charge in [0.15, 0.2) is 0 Å². The topological polar surface area (TPSA) is 71.2 Å². The zero-order chi connectivity index (χ0) is 19.6. The Labute approximate surface area is 194 Å². The predicted molar refractivity (Wildman–Crippen MR) is 129 cm³/mol. The van der Waals surface area contributed by atoms with Crippen LogP contribution in [0.1, 0.15) is 26.6 Å². The molecular weight excluding hydrogens is 439 g/mol. The first-order valence-corrected chi connectivity index (χ1v) is 10.4. The quantitative estimate of drug-likeness (QED) is 0.474. The Kier molecular flexibility index (Phi) is 12.3. The van der Waals surface area contributed by atoms with E-state index in [2.05, 4.69) is 44.8 Å². The number of carbonyl (C=O) groups excluding carboxylic acids is 1. The number of nitrogens with one attached hydrogen (secondary N) is 1. The lowest BCUT2D eigenvalue weighted by Gasteiger charge is -2.20. The van der Waals surface area contributed by atoms with E-state index >= 15 is 0 Å². The molecule has 0 spiro atoms. The Morgan fingerprint density at radius 3 is 2.33 bits per heavy atom. The first-order chi connectivity index (χ1) is 13.7. The van der Waals surface area contributed by atoms with Crippen LogP contribution in [0.2, 0.25) is 0 Å². The summed E-state index contributed by atoms with van der Waals surface area (Å²) in [5, 5.41) is 5.91. The number of rotatable bonds is 10. The van der Waals surface area contributed by atoms with Crippen LogP contribution in [0.25, 0.3) is 0 Å². The fourth-order valence-electron chi connectivity index (χ4n) is 2.96. The number of nitrogens with zero attached hydrogens (tertiary/aromatic N) is 2. The first kappa shape index (κ1) is 26.1. The lowest BCUT2D eigenvalue weighted by atomic mass is 10.1. The summed E-state index contributed by atoms with van der Waals surface area (Å²) < 4.78 is 0. The van der Waals surface area contributed by atoms with E-state index in [0.29, 0.717) is 18.7 Å². The molecule has 0 fully saturated rings. The molecule has 2 aromatic carbocycles. The number of carbonyl (C=O) groups is 1. The van der Waals surface area contributed by atoms with Crippen molar-refractivity contribution < 1.29 is 4.79 Å². The van der Waals surface area contributed by atoms with Crippen molar-refractivity contribution in [1.29, 1.82) is 0 Å². The fourth-order valence-corrected chi connectivity index (χ4v) is 3.69. The maximum atomic E-state index is 12.2. The van der Waals surface area contributed by atoms with Gasteiger partial charge in [-0.25, -0.2) is 4.98 Å². The minimum absolute atomic E-state index is 0. The second-order valence-electron chi connectivity index (χ2n) is 6.58. The van der Waals surface area contributed by atoms with E-state index < -0.39 is 0 Å². The number of thiazole rings is 1. The SMILES string of the molecule is Cl.Cl.NCCN(CCc1ccccc1)Cc1csc(CNC(=O)c2ccccc2)n1. The zero-order valence-corrected chi connectivity index (χ0v) is 19.1. The highest BCUT2D eigenvalue weighted by molar-refractivity contribution is 7.09. The molecule has 1 aromatic heterocycles. The van der Waals surface area contributed by atoms with E-state index in [4.69, 9.17) is 5.73 Å². The molecule has 8 heteroatoms. The molecule has 0 aliphatic carbocycles. The Hall–Kier alpha value is -1.96. The maximum absolute atomic E-state index is 12.2. The molecule has 0 unspecified atom stereocenters. The van der Waals surface area contributed by atoms with Crippen molar-refractivity contribution >= 4 is 42.1 Å². The number of hydrogen-bond donors (Lipinski definition) is 2. The van der Waals surface area contributed by atoms with Gasteiger partial charge in [0.25, 0.3) is 5.91 Å². The molecule has 0 bridgehead atoms. The molecule has 0 radical (unpaired) electrons. The largest absolute Gasteiger partial charge is 0.346 e. The highest BCUT2D eigenvalue weighted by Crippen LogP contribution is 2.13. The van der Waals surface area contributed by atoms with E-state index in [1.54, 1.807) is 23.5 Å². The van der Waals surface area contributed by atoms with Gasteiger partial charge in [0, 0.05) is 37.1 Å². The smallest absolute Gasteiger partial charge is 0.251 e. The van der Waals surface area contributed by atoms with Crippen LogP contribution in [-0.4, -0.2) is 35.4 Å². The van der Waals surface area contributed by atoms with Crippen LogP contribution in [-0.2, 0) is 19.5 Å². The lowest BCUT2D eigenvalue weighted by molar-refractivity contribution is 0.0951. The van der Waals surface area contributed by atoms with Crippen LogP contribution in [0, 0.1) is 0 Å². The lowest BCUT2D eigenvalue weighted by Crippen LogP contribution is -2.31. The third-order valence-electron chi connectivity index (χ3n) is 4.43. The Morgan fingerprint density at radius 1 is 1.00 bits per heavy atom. The van der Waals surface area contributed by atoms with E-state index in [-0.39, 0.29) is 30.7 Å². The van der Waals surface area contributed by atoms with Gasteiger partial charge in [0.05, 0.1) is 12.2 Å². The Balaban J connectivity index is 0.00000225. The molecule has 0 aliphatic heterocycles. The second-order valence-corrected chi connectivity index (χ2v) is 7.52. The standard InChI is InChI=1S/C22H26N4OS.2ClH/c23-12-14-26(13-11-18-7-3-1-4-8-18)16-20-17-28-21(25-20)15-24-22(27)19-9-5-2-6-10-19;;/h1-10,17H,11-16,23H2,(H,24,27);2*1H. The van der Waals surface area contributed by atoms with Crippen LogP contribution < -0.4 is 11.1 Å². The molecule has 3 rings (SSSR count). The van der Waals surface area contributed by atoms with Crippen LogP contribution in [0.3, 0.4) is 0 Å². The fraction of sp³-hybridized carbons (Fsp3) is 0.273. The number of halogens is 2. The molecule has 5 nitrogen and oxygen atoms in total. The Bertz CT molecular complexity index is 862. The monoisotopic (exact) mass is 466 g/mol. The minimum Gasteiger partial charge on any atom is -0.346 e.